The first-order chi connectivity index (χ1) is 19.1. The molecular weight excluding hydrogens is 524 g/mol. The molecule has 0 radical (unpaired) electrons. The molecule has 1 saturated carbocycles. The first-order valence-corrected chi connectivity index (χ1v) is 16.6. The summed E-state index contributed by atoms with van der Waals surface area (Å²) < 4.78 is 39.0. The van der Waals surface area contributed by atoms with Gasteiger partial charge < -0.3 is 19.3 Å². The van der Waals surface area contributed by atoms with Gasteiger partial charge in [0.1, 0.15) is 5.75 Å². The summed E-state index contributed by atoms with van der Waals surface area (Å²) in [7, 11) is 1.70. The fourth-order valence-electron chi connectivity index (χ4n) is 6.92. The highest BCUT2D eigenvalue weighted by Crippen LogP contribution is 2.31. The number of likely N-dealkylation sites (N-methyl/N-ethyl adjacent to an activating group) is 2. The smallest absolute Gasteiger partial charge is 0.243 e. The molecule has 2 heterocycles. The van der Waals surface area contributed by atoms with E-state index in [-0.39, 0.29) is 6.54 Å². The van der Waals surface area contributed by atoms with Crippen LogP contribution >= 0.6 is 0 Å². The Balaban J connectivity index is 1.15. The molecule has 1 aromatic rings. The van der Waals surface area contributed by atoms with Crippen LogP contribution in [0.15, 0.2) is 29.3 Å². The van der Waals surface area contributed by atoms with Crippen LogP contribution in [-0.4, -0.2) is 113 Å². The Kier molecular flexibility index (Phi) is 11.0. The Bertz CT molecular complexity index is 1070. The van der Waals surface area contributed by atoms with Crippen molar-refractivity contribution in [3.8, 4) is 5.75 Å². The van der Waals surface area contributed by atoms with Crippen molar-refractivity contribution in [2.75, 3.05) is 73.7 Å². The molecule has 2 aliphatic heterocycles. The van der Waals surface area contributed by atoms with Crippen LogP contribution in [0.3, 0.4) is 0 Å². The van der Waals surface area contributed by atoms with Crippen LogP contribution in [0.1, 0.15) is 56.1 Å². The average molecular weight is 577 g/mol. The van der Waals surface area contributed by atoms with Gasteiger partial charge in [-0.2, -0.15) is 4.31 Å². The van der Waals surface area contributed by atoms with Crippen LogP contribution in [0.4, 0.5) is 0 Å². The van der Waals surface area contributed by atoms with Gasteiger partial charge >= 0.3 is 0 Å². The number of hydrogen-bond donors (Lipinski definition) is 0. The van der Waals surface area contributed by atoms with E-state index in [4.69, 9.17) is 9.47 Å². The first-order valence-electron chi connectivity index (χ1n) is 15.2. The molecule has 0 N–H and O–H groups in total. The van der Waals surface area contributed by atoms with E-state index in [9.17, 15) is 8.42 Å². The molecule has 0 amide bonds. The third-order valence-corrected chi connectivity index (χ3v) is 11.6. The highest BCUT2D eigenvalue weighted by Gasteiger charge is 2.32. The molecular formula is C31H52N4O4S. The number of nitrogens with zero attached hydrogens (tertiary/aromatic N) is 4. The lowest BCUT2D eigenvalue weighted by atomic mass is 9.85. The van der Waals surface area contributed by atoms with Gasteiger partial charge in [-0.3, -0.25) is 4.90 Å². The van der Waals surface area contributed by atoms with Crippen molar-refractivity contribution in [1.82, 2.24) is 19.0 Å². The van der Waals surface area contributed by atoms with Gasteiger partial charge in [-0.15, -0.1) is 0 Å². The van der Waals surface area contributed by atoms with E-state index in [1.165, 1.54) is 82.0 Å². The molecule has 3 fully saturated rings. The molecule has 2 saturated heterocycles. The number of ether oxygens (including phenoxy) is 2. The quantitative estimate of drug-likeness (QED) is 0.327. The average Bonchev–Trinajstić information content (AvgIpc) is 3.62. The van der Waals surface area contributed by atoms with Gasteiger partial charge in [0.15, 0.2) is 0 Å². The number of hydrogen-bond acceptors (Lipinski definition) is 7. The molecule has 8 nitrogen and oxygen atoms in total. The summed E-state index contributed by atoms with van der Waals surface area (Å²) in [6, 6.07) is 4.82. The largest absolute Gasteiger partial charge is 0.497 e. The zero-order chi connectivity index (χ0) is 28.9. The van der Waals surface area contributed by atoms with Crippen LogP contribution in [0.25, 0.3) is 0 Å². The second-order valence-corrected chi connectivity index (χ2v) is 14.2. The minimum absolute atomic E-state index is 0.282. The molecule has 1 aromatic carbocycles. The third-order valence-electron chi connectivity index (χ3n) is 9.44. The normalized spacial score (nSPS) is 24.6. The van der Waals surface area contributed by atoms with Crippen LogP contribution in [-0.2, 0) is 14.8 Å². The van der Waals surface area contributed by atoms with E-state index in [2.05, 4.69) is 28.3 Å². The molecule has 4 rings (SSSR count). The summed E-state index contributed by atoms with van der Waals surface area (Å²) >= 11 is 0. The van der Waals surface area contributed by atoms with Crippen molar-refractivity contribution < 1.29 is 17.9 Å². The van der Waals surface area contributed by atoms with E-state index < -0.39 is 10.0 Å². The van der Waals surface area contributed by atoms with Crippen LogP contribution in [0.2, 0.25) is 0 Å². The molecule has 1 aliphatic carbocycles. The van der Waals surface area contributed by atoms with Crippen molar-refractivity contribution in [2.45, 2.75) is 75.8 Å². The summed E-state index contributed by atoms with van der Waals surface area (Å²) in [6.45, 7) is 15.3. The van der Waals surface area contributed by atoms with E-state index >= 15 is 0 Å². The highest BCUT2D eigenvalue weighted by molar-refractivity contribution is 7.89. The number of aryl methyl sites for hydroxylation is 2. The third kappa shape index (κ3) is 7.59. The molecule has 40 heavy (non-hydrogen) atoms. The first kappa shape index (κ1) is 31.3. The van der Waals surface area contributed by atoms with Crippen molar-refractivity contribution >= 4 is 10.0 Å². The molecule has 1 atom stereocenters. The van der Waals surface area contributed by atoms with Crippen LogP contribution < -0.4 is 4.74 Å². The zero-order valence-corrected chi connectivity index (χ0v) is 26.3. The summed E-state index contributed by atoms with van der Waals surface area (Å²) in [5.74, 6) is 1.47. The topological polar surface area (TPSA) is 65.6 Å². The maximum atomic E-state index is 13.2. The molecule has 0 spiro atoms. The van der Waals surface area contributed by atoms with E-state index in [1.807, 2.05) is 0 Å². The molecule has 3 aliphatic rings. The van der Waals surface area contributed by atoms with Crippen LogP contribution in [0.5, 0.6) is 5.75 Å². The molecule has 0 aromatic heterocycles. The van der Waals surface area contributed by atoms with Crippen molar-refractivity contribution in [3.05, 3.63) is 35.5 Å². The number of sulfonamides is 1. The van der Waals surface area contributed by atoms with Crippen molar-refractivity contribution in [1.29, 1.82) is 0 Å². The van der Waals surface area contributed by atoms with Gasteiger partial charge in [-0.05, 0) is 108 Å². The van der Waals surface area contributed by atoms with Crippen molar-refractivity contribution in [2.24, 2.45) is 5.92 Å². The molecule has 0 bridgehead atoms. The van der Waals surface area contributed by atoms with Crippen LogP contribution in [0, 0.1) is 19.8 Å². The van der Waals surface area contributed by atoms with Gasteiger partial charge in [0, 0.05) is 51.5 Å². The lowest BCUT2D eigenvalue weighted by Crippen LogP contribution is -2.39. The second kappa shape index (κ2) is 14.0. The maximum absolute atomic E-state index is 13.2. The van der Waals surface area contributed by atoms with Gasteiger partial charge in [-0.25, -0.2) is 8.42 Å². The lowest BCUT2D eigenvalue weighted by molar-refractivity contribution is 0.109. The maximum Gasteiger partial charge on any atom is 0.243 e. The predicted octanol–water partition coefficient (Wildman–Crippen LogP) is 4.12. The summed E-state index contributed by atoms with van der Waals surface area (Å²) in [5, 5.41) is 0. The van der Waals surface area contributed by atoms with Gasteiger partial charge in [0.05, 0.1) is 25.2 Å². The Hall–Kier alpha value is -1.65. The fourth-order valence-corrected chi connectivity index (χ4v) is 8.48. The van der Waals surface area contributed by atoms with E-state index in [1.54, 1.807) is 40.1 Å². The molecule has 9 heteroatoms. The number of methoxy groups -OCH3 is 1. The minimum atomic E-state index is -3.62. The standard InChI is InChI=1S/C31H52N4O4S/c1-24-19-30(38-6)20-25(2)31(24)40(36,37)32(4)17-18-39-23-26(3)33(5)28-11-9-27(10-12-28)21-34-16-13-29(22-34)35-14-7-8-15-35/h19-20,27-29H,3,7-18,21-23H2,1-2,4-6H3. The predicted molar refractivity (Wildman–Crippen MR) is 161 cm³/mol. The highest BCUT2D eigenvalue weighted by atomic mass is 32.2. The minimum Gasteiger partial charge on any atom is -0.497 e. The van der Waals surface area contributed by atoms with Gasteiger partial charge in [0.2, 0.25) is 10.0 Å². The molecule has 226 valence electrons. The summed E-state index contributed by atoms with van der Waals surface area (Å²) in [5.41, 5.74) is 2.32. The van der Waals surface area contributed by atoms with Crippen molar-refractivity contribution in [3.63, 3.8) is 0 Å². The van der Waals surface area contributed by atoms with Gasteiger partial charge in [0.25, 0.3) is 0 Å². The Morgan fingerprint density at radius 2 is 1.68 bits per heavy atom. The van der Waals surface area contributed by atoms with E-state index in [0.29, 0.717) is 41.0 Å². The fraction of sp³-hybridized carbons (Fsp3) is 0.742. The lowest BCUT2D eigenvalue weighted by Gasteiger charge is -2.38. The summed E-state index contributed by atoms with van der Waals surface area (Å²) in [4.78, 5) is 8.07. The monoisotopic (exact) mass is 576 g/mol. The molecule has 1 unspecified atom stereocenters. The Morgan fingerprint density at radius 3 is 2.30 bits per heavy atom. The zero-order valence-electron chi connectivity index (χ0n) is 25.5. The number of likely N-dealkylation sites (tertiary alicyclic amines) is 2. The SMILES string of the molecule is C=C(COCCN(C)S(=O)(=O)c1c(C)cc(OC)cc1C)N(C)C1CCC(CN2CCC(N3CCCC3)C2)CC1. The Morgan fingerprint density at radius 1 is 1.02 bits per heavy atom. The number of rotatable bonds is 13. The second-order valence-electron chi connectivity index (χ2n) is 12.3. The summed E-state index contributed by atoms with van der Waals surface area (Å²) in [6.07, 6.45) is 9.07. The number of benzene rings is 1. The Labute approximate surface area is 243 Å². The van der Waals surface area contributed by atoms with E-state index in [0.717, 1.165) is 17.7 Å². The van der Waals surface area contributed by atoms with Gasteiger partial charge in [-0.1, -0.05) is 6.58 Å².